The van der Waals surface area contributed by atoms with Crippen molar-refractivity contribution in [2.24, 2.45) is 5.92 Å². The lowest BCUT2D eigenvalue weighted by atomic mass is 9.94. The summed E-state index contributed by atoms with van der Waals surface area (Å²) in [6.45, 7) is 6.79. The zero-order chi connectivity index (χ0) is 15.4. The highest BCUT2D eigenvalue weighted by molar-refractivity contribution is 5.74. The van der Waals surface area contributed by atoms with Crippen molar-refractivity contribution >= 4 is 12.0 Å². The number of hydrogen-bond acceptors (Lipinski definition) is 2. The maximum atomic E-state index is 11.6. The molecule has 0 spiro atoms. The van der Waals surface area contributed by atoms with Crippen molar-refractivity contribution in [3.63, 3.8) is 0 Å². The third-order valence-electron chi connectivity index (χ3n) is 3.40. The highest BCUT2D eigenvalue weighted by atomic mass is 16.4. The molecule has 20 heavy (non-hydrogen) atoms. The SMILES string of the molecule is CCCC(CCNC(=O)NC(C)CCC)CCC(=O)O. The fourth-order valence-corrected chi connectivity index (χ4v) is 2.34. The molecule has 0 rings (SSSR count). The summed E-state index contributed by atoms with van der Waals surface area (Å²) in [5, 5.41) is 14.5. The highest BCUT2D eigenvalue weighted by Crippen LogP contribution is 2.17. The third-order valence-corrected chi connectivity index (χ3v) is 3.40. The van der Waals surface area contributed by atoms with Gasteiger partial charge >= 0.3 is 12.0 Å². The van der Waals surface area contributed by atoms with Gasteiger partial charge in [0.2, 0.25) is 0 Å². The number of aliphatic carboxylic acids is 1. The number of urea groups is 1. The fraction of sp³-hybridized carbons (Fsp3) is 0.867. The van der Waals surface area contributed by atoms with E-state index in [1.165, 1.54) is 0 Å². The van der Waals surface area contributed by atoms with E-state index in [1.54, 1.807) is 0 Å². The van der Waals surface area contributed by atoms with Gasteiger partial charge in [0.25, 0.3) is 0 Å². The van der Waals surface area contributed by atoms with Crippen molar-refractivity contribution in [3.05, 3.63) is 0 Å². The second-order valence-electron chi connectivity index (χ2n) is 5.47. The van der Waals surface area contributed by atoms with E-state index in [9.17, 15) is 9.59 Å². The van der Waals surface area contributed by atoms with Crippen molar-refractivity contribution in [1.29, 1.82) is 0 Å². The monoisotopic (exact) mass is 286 g/mol. The average Bonchev–Trinajstić information content (AvgIpc) is 2.35. The summed E-state index contributed by atoms with van der Waals surface area (Å²) in [5.41, 5.74) is 0. The maximum Gasteiger partial charge on any atom is 0.314 e. The van der Waals surface area contributed by atoms with Crippen LogP contribution in [0.3, 0.4) is 0 Å². The van der Waals surface area contributed by atoms with Gasteiger partial charge in [-0.05, 0) is 32.1 Å². The Morgan fingerprint density at radius 2 is 1.70 bits per heavy atom. The largest absolute Gasteiger partial charge is 0.481 e. The second-order valence-corrected chi connectivity index (χ2v) is 5.47. The lowest BCUT2D eigenvalue weighted by Gasteiger charge is -2.17. The Hall–Kier alpha value is -1.26. The molecule has 0 radical (unpaired) electrons. The Kier molecular flexibility index (Phi) is 10.8. The molecule has 0 aliphatic carbocycles. The molecular formula is C15H30N2O3. The van der Waals surface area contributed by atoms with Gasteiger partial charge in [-0.15, -0.1) is 0 Å². The van der Waals surface area contributed by atoms with E-state index < -0.39 is 5.97 Å². The van der Waals surface area contributed by atoms with Crippen LogP contribution in [0.1, 0.15) is 65.7 Å². The molecule has 5 heteroatoms. The number of carboxylic acids is 1. The molecule has 2 unspecified atom stereocenters. The Labute approximate surface area is 122 Å². The molecule has 0 fully saturated rings. The predicted octanol–water partition coefficient (Wildman–Crippen LogP) is 3.15. The first-order valence-corrected chi connectivity index (χ1v) is 7.75. The zero-order valence-corrected chi connectivity index (χ0v) is 13.1. The van der Waals surface area contributed by atoms with Crippen LogP contribution in [-0.4, -0.2) is 29.7 Å². The molecule has 0 aromatic carbocycles. The van der Waals surface area contributed by atoms with E-state index in [0.717, 1.165) is 32.1 Å². The number of hydrogen-bond donors (Lipinski definition) is 3. The first-order valence-electron chi connectivity index (χ1n) is 7.75. The standard InChI is InChI=1S/C15H30N2O3/c1-4-6-12(3)17-15(20)16-11-10-13(7-5-2)8-9-14(18)19/h12-13H,4-11H2,1-3H3,(H,18,19)(H2,16,17,20). The molecule has 0 saturated heterocycles. The average molecular weight is 286 g/mol. The van der Waals surface area contributed by atoms with E-state index in [2.05, 4.69) is 24.5 Å². The summed E-state index contributed by atoms with van der Waals surface area (Å²) in [7, 11) is 0. The van der Waals surface area contributed by atoms with Gasteiger partial charge in [0.05, 0.1) is 0 Å². The van der Waals surface area contributed by atoms with Gasteiger partial charge in [0, 0.05) is 19.0 Å². The van der Waals surface area contributed by atoms with Gasteiger partial charge in [-0.3, -0.25) is 4.79 Å². The fourth-order valence-electron chi connectivity index (χ4n) is 2.34. The molecule has 118 valence electrons. The first-order chi connectivity index (χ1) is 9.49. The summed E-state index contributed by atoms with van der Waals surface area (Å²) in [6, 6.07) is 0.0675. The van der Waals surface area contributed by atoms with Crippen molar-refractivity contribution in [3.8, 4) is 0 Å². The Balaban J connectivity index is 3.85. The van der Waals surface area contributed by atoms with Crippen molar-refractivity contribution in [2.45, 2.75) is 71.8 Å². The van der Waals surface area contributed by atoms with E-state index in [-0.39, 0.29) is 18.5 Å². The number of rotatable bonds is 11. The zero-order valence-electron chi connectivity index (χ0n) is 13.1. The molecule has 0 bridgehead atoms. The minimum absolute atomic E-state index is 0.126. The number of carbonyl (C=O) groups is 2. The van der Waals surface area contributed by atoms with Crippen LogP contribution in [0.5, 0.6) is 0 Å². The van der Waals surface area contributed by atoms with Gasteiger partial charge in [-0.2, -0.15) is 0 Å². The molecule has 0 saturated carbocycles. The Bertz CT molecular complexity index is 282. The number of carbonyl (C=O) groups excluding carboxylic acids is 1. The normalized spacial score (nSPS) is 13.6. The quantitative estimate of drug-likeness (QED) is 0.546. The van der Waals surface area contributed by atoms with Crippen LogP contribution in [0.4, 0.5) is 4.79 Å². The van der Waals surface area contributed by atoms with Crippen LogP contribution in [0.25, 0.3) is 0 Å². The number of carboxylic acid groups (broad SMARTS) is 1. The Morgan fingerprint density at radius 1 is 1.05 bits per heavy atom. The van der Waals surface area contributed by atoms with Crippen LogP contribution in [0.2, 0.25) is 0 Å². The van der Waals surface area contributed by atoms with Crippen molar-refractivity contribution in [2.75, 3.05) is 6.54 Å². The number of amides is 2. The summed E-state index contributed by atoms with van der Waals surface area (Å²) in [5.74, 6) is -0.366. The van der Waals surface area contributed by atoms with Gasteiger partial charge in [0.15, 0.2) is 0 Å². The smallest absolute Gasteiger partial charge is 0.314 e. The van der Waals surface area contributed by atoms with Crippen LogP contribution < -0.4 is 10.6 Å². The minimum Gasteiger partial charge on any atom is -0.481 e. The number of nitrogens with one attached hydrogen (secondary N) is 2. The Morgan fingerprint density at radius 3 is 2.25 bits per heavy atom. The predicted molar refractivity (Wildman–Crippen MR) is 80.8 cm³/mol. The molecule has 2 atom stereocenters. The van der Waals surface area contributed by atoms with Crippen molar-refractivity contribution in [1.82, 2.24) is 10.6 Å². The lowest BCUT2D eigenvalue weighted by Crippen LogP contribution is -2.41. The summed E-state index contributed by atoms with van der Waals surface area (Å²) < 4.78 is 0. The molecule has 0 aromatic heterocycles. The van der Waals surface area contributed by atoms with Crippen LogP contribution in [-0.2, 0) is 4.79 Å². The van der Waals surface area contributed by atoms with Gasteiger partial charge in [0.1, 0.15) is 0 Å². The molecule has 2 amide bonds. The topological polar surface area (TPSA) is 78.4 Å². The van der Waals surface area contributed by atoms with Crippen LogP contribution >= 0.6 is 0 Å². The molecule has 0 aliphatic rings. The van der Waals surface area contributed by atoms with Gasteiger partial charge in [-0.25, -0.2) is 4.79 Å². The van der Waals surface area contributed by atoms with Gasteiger partial charge in [-0.1, -0.05) is 33.1 Å². The minimum atomic E-state index is -0.745. The molecule has 3 N–H and O–H groups in total. The van der Waals surface area contributed by atoms with E-state index in [0.29, 0.717) is 18.9 Å². The molecule has 0 heterocycles. The maximum absolute atomic E-state index is 11.6. The summed E-state index contributed by atoms with van der Waals surface area (Å²) in [6.07, 6.45) is 5.84. The van der Waals surface area contributed by atoms with Crippen LogP contribution in [0, 0.1) is 5.92 Å². The van der Waals surface area contributed by atoms with E-state index in [4.69, 9.17) is 5.11 Å². The first kappa shape index (κ1) is 18.7. The third kappa shape index (κ3) is 10.6. The van der Waals surface area contributed by atoms with E-state index in [1.807, 2.05) is 6.92 Å². The molecule has 0 aromatic rings. The lowest BCUT2D eigenvalue weighted by molar-refractivity contribution is -0.137. The molecule has 5 nitrogen and oxygen atoms in total. The highest BCUT2D eigenvalue weighted by Gasteiger charge is 2.11. The molecular weight excluding hydrogens is 256 g/mol. The summed E-state index contributed by atoms with van der Waals surface area (Å²) in [4.78, 5) is 22.2. The second kappa shape index (κ2) is 11.6. The van der Waals surface area contributed by atoms with Crippen molar-refractivity contribution < 1.29 is 14.7 Å². The summed E-state index contributed by atoms with van der Waals surface area (Å²) >= 11 is 0. The van der Waals surface area contributed by atoms with Gasteiger partial charge < -0.3 is 15.7 Å². The van der Waals surface area contributed by atoms with E-state index >= 15 is 0 Å². The van der Waals surface area contributed by atoms with Crippen LogP contribution in [0.15, 0.2) is 0 Å². The molecule has 0 aliphatic heterocycles.